The molecule has 0 amide bonds. The number of carbonyl (C=O) groups is 1. The van der Waals surface area contributed by atoms with E-state index in [2.05, 4.69) is 23.6 Å². The van der Waals surface area contributed by atoms with Gasteiger partial charge in [0.15, 0.2) is 0 Å². The Morgan fingerprint density at radius 3 is 2.31 bits per heavy atom. The van der Waals surface area contributed by atoms with Gasteiger partial charge in [0.1, 0.15) is 0 Å². The summed E-state index contributed by atoms with van der Waals surface area (Å²) in [6.07, 6.45) is 2.41. The highest BCUT2D eigenvalue weighted by molar-refractivity contribution is 5.67. The third-order valence-corrected chi connectivity index (χ3v) is 3.34. The molecule has 1 saturated heterocycles. The van der Waals surface area contributed by atoms with Gasteiger partial charge in [0.25, 0.3) is 0 Å². The molecule has 0 aromatic rings. The first-order valence-corrected chi connectivity index (χ1v) is 6.35. The fourth-order valence-corrected chi connectivity index (χ4v) is 2.40. The van der Waals surface area contributed by atoms with Crippen LogP contribution in [-0.4, -0.2) is 59.6 Å². The summed E-state index contributed by atoms with van der Waals surface area (Å²) >= 11 is 0. The van der Waals surface area contributed by atoms with Crippen LogP contribution in [0.2, 0.25) is 0 Å². The van der Waals surface area contributed by atoms with Crippen LogP contribution in [-0.2, 0) is 4.79 Å². The maximum Gasteiger partial charge on any atom is 0.304 e. The molecule has 0 radical (unpaired) electrons. The normalized spacial score (nSPS) is 20.9. The van der Waals surface area contributed by atoms with E-state index in [0.29, 0.717) is 0 Å². The van der Waals surface area contributed by atoms with E-state index in [1.807, 2.05) is 0 Å². The van der Waals surface area contributed by atoms with Gasteiger partial charge < -0.3 is 10.0 Å². The maximum atomic E-state index is 10.7. The molecule has 0 spiro atoms. The van der Waals surface area contributed by atoms with E-state index in [0.717, 1.165) is 32.6 Å². The Labute approximate surface area is 98.2 Å². The molecular weight excluding hydrogens is 204 g/mol. The van der Waals surface area contributed by atoms with E-state index in [-0.39, 0.29) is 12.5 Å². The molecule has 1 heterocycles. The second-order valence-electron chi connectivity index (χ2n) is 4.54. The highest BCUT2D eigenvalue weighted by Gasteiger charge is 2.23. The molecule has 16 heavy (non-hydrogen) atoms. The molecule has 0 saturated carbocycles. The van der Waals surface area contributed by atoms with Gasteiger partial charge in [-0.25, -0.2) is 0 Å². The van der Waals surface area contributed by atoms with Crippen LogP contribution in [0.15, 0.2) is 0 Å². The fourth-order valence-electron chi connectivity index (χ4n) is 2.40. The molecule has 0 bridgehead atoms. The molecule has 1 rings (SSSR count). The molecule has 1 aliphatic heterocycles. The minimum absolute atomic E-state index is 0.223. The first-order valence-electron chi connectivity index (χ1n) is 6.35. The topological polar surface area (TPSA) is 43.8 Å². The van der Waals surface area contributed by atoms with Crippen molar-refractivity contribution in [1.29, 1.82) is 0 Å². The average Bonchev–Trinajstić information content (AvgIpc) is 2.27. The van der Waals surface area contributed by atoms with Crippen molar-refractivity contribution >= 4 is 5.97 Å². The lowest BCUT2D eigenvalue weighted by molar-refractivity contribution is -0.138. The molecule has 0 aliphatic carbocycles. The van der Waals surface area contributed by atoms with Crippen LogP contribution in [0.4, 0.5) is 0 Å². The Morgan fingerprint density at radius 1 is 1.25 bits per heavy atom. The van der Waals surface area contributed by atoms with Gasteiger partial charge in [0, 0.05) is 32.2 Å². The van der Waals surface area contributed by atoms with Crippen molar-refractivity contribution in [2.24, 2.45) is 0 Å². The Morgan fingerprint density at radius 2 is 1.88 bits per heavy atom. The average molecular weight is 228 g/mol. The minimum atomic E-state index is -0.678. The molecule has 0 aromatic heterocycles. The van der Waals surface area contributed by atoms with Gasteiger partial charge in [-0.1, -0.05) is 13.8 Å². The maximum absolute atomic E-state index is 10.7. The van der Waals surface area contributed by atoms with E-state index < -0.39 is 5.97 Å². The number of piperazine rings is 1. The number of aliphatic carboxylic acids is 1. The second kappa shape index (κ2) is 6.86. The summed E-state index contributed by atoms with van der Waals surface area (Å²) in [6.45, 7) is 9.66. The number of rotatable bonds is 6. The largest absolute Gasteiger partial charge is 0.481 e. The second-order valence-corrected chi connectivity index (χ2v) is 4.54. The molecule has 1 N–H and O–H groups in total. The smallest absolute Gasteiger partial charge is 0.304 e. The number of hydrogen-bond acceptors (Lipinski definition) is 3. The summed E-state index contributed by atoms with van der Waals surface area (Å²) in [5.74, 6) is -0.678. The lowest BCUT2D eigenvalue weighted by Crippen LogP contribution is -2.50. The van der Waals surface area contributed by atoms with Crippen molar-refractivity contribution in [3.63, 3.8) is 0 Å². The fraction of sp³-hybridized carbons (Fsp3) is 0.917. The molecule has 4 nitrogen and oxygen atoms in total. The van der Waals surface area contributed by atoms with Crippen molar-refractivity contribution in [2.75, 3.05) is 32.7 Å². The van der Waals surface area contributed by atoms with Gasteiger partial charge in [-0.2, -0.15) is 0 Å². The monoisotopic (exact) mass is 228 g/mol. The molecule has 0 aromatic carbocycles. The van der Waals surface area contributed by atoms with Crippen LogP contribution < -0.4 is 0 Å². The number of hydrogen-bond donors (Lipinski definition) is 1. The molecule has 1 fully saturated rings. The zero-order valence-corrected chi connectivity index (χ0v) is 10.5. The first kappa shape index (κ1) is 13.5. The van der Waals surface area contributed by atoms with E-state index in [9.17, 15) is 4.79 Å². The van der Waals surface area contributed by atoms with Crippen LogP contribution in [0.3, 0.4) is 0 Å². The van der Waals surface area contributed by atoms with Gasteiger partial charge in [0.2, 0.25) is 0 Å². The quantitative estimate of drug-likeness (QED) is 0.743. The van der Waals surface area contributed by atoms with E-state index >= 15 is 0 Å². The zero-order valence-electron chi connectivity index (χ0n) is 10.5. The Hall–Kier alpha value is -0.610. The Kier molecular flexibility index (Phi) is 5.77. The van der Waals surface area contributed by atoms with Gasteiger partial charge in [-0.3, -0.25) is 9.69 Å². The number of nitrogens with zero attached hydrogens (tertiary/aromatic N) is 2. The Balaban J connectivity index is 2.35. The SMILES string of the molecule is CCCN1CCN(C(CC)CC(=O)O)CC1. The summed E-state index contributed by atoms with van der Waals surface area (Å²) < 4.78 is 0. The summed E-state index contributed by atoms with van der Waals surface area (Å²) in [5.41, 5.74) is 0. The third-order valence-electron chi connectivity index (χ3n) is 3.34. The summed E-state index contributed by atoms with van der Waals surface area (Å²) in [5, 5.41) is 8.84. The van der Waals surface area contributed by atoms with Crippen LogP contribution in [0.5, 0.6) is 0 Å². The van der Waals surface area contributed by atoms with E-state index in [1.165, 1.54) is 13.0 Å². The van der Waals surface area contributed by atoms with Crippen LogP contribution >= 0.6 is 0 Å². The summed E-state index contributed by atoms with van der Waals surface area (Å²) in [7, 11) is 0. The molecule has 94 valence electrons. The lowest BCUT2D eigenvalue weighted by atomic mass is 10.1. The first-order chi connectivity index (χ1) is 7.67. The Bertz CT molecular complexity index is 213. The highest BCUT2D eigenvalue weighted by Crippen LogP contribution is 2.12. The standard InChI is InChI=1S/C12H24N2O2/c1-3-5-13-6-8-14(9-7-13)11(4-2)10-12(15)16/h11H,3-10H2,1-2H3,(H,15,16). The van der Waals surface area contributed by atoms with Crippen molar-refractivity contribution < 1.29 is 9.90 Å². The predicted molar refractivity (Wildman–Crippen MR) is 64.6 cm³/mol. The van der Waals surface area contributed by atoms with Gasteiger partial charge in [-0.05, 0) is 19.4 Å². The molecule has 1 atom stereocenters. The third kappa shape index (κ3) is 4.10. The van der Waals surface area contributed by atoms with Gasteiger partial charge in [0.05, 0.1) is 6.42 Å². The number of carboxylic acids is 1. The molecule has 1 aliphatic rings. The van der Waals surface area contributed by atoms with Crippen LogP contribution in [0, 0.1) is 0 Å². The van der Waals surface area contributed by atoms with Gasteiger partial charge in [-0.15, -0.1) is 0 Å². The molecule has 4 heteroatoms. The van der Waals surface area contributed by atoms with E-state index in [1.54, 1.807) is 0 Å². The highest BCUT2D eigenvalue weighted by atomic mass is 16.4. The zero-order chi connectivity index (χ0) is 12.0. The summed E-state index contributed by atoms with van der Waals surface area (Å²) in [6, 6.07) is 0.223. The van der Waals surface area contributed by atoms with Crippen LogP contribution in [0.25, 0.3) is 0 Å². The van der Waals surface area contributed by atoms with Crippen molar-refractivity contribution in [3.05, 3.63) is 0 Å². The van der Waals surface area contributed by atoms with E-state index in [4.69, 9.17) is 5.11 Å². The van der Waals surface area contributed by atoms with Gasteiger partial charge >= 0.3 is 5.97 Å². The summed E-state index contributed by atoms with van der Waals surface area (Å²) in [4.78, 5) is 15.5. The molecule has 1 unspecified atom stereocenters. The number of carboxylic acid groups (broad SMARTS) is 1. The van der Waals surface area contributed by atoms with Crippen molar-refractivity contribution in [1.82, 2.24) is 9.80 Å². The lowest BCUT2D eigenvalue weighted by Gasteiger charge is -2.38. The van der Waals surface area contributed by atoms with Crippen LogP contribution in [0.1, 0.15) is 33.1 Å². The molecular formula is C12H24N2O2. The van der Waals surface area contributed by atoms with Crippen molar-refractivity contribution in [3.8, 4) is 0 Å². The predicted octanol–water partition coefficient (Wildman–Crippen LogP) is 1.27. The minimum Gasteiger partial charge on any atom is -0.481 e. The van der Waals surface area contributed by atoms with Crippen molar-refractivity contribution in [2.45, 2.75) is 39.2 Å².